The molecule has 0 unspecified atom stereocenters. The highest BCUT2D eigenvalue weighted by atomic mass is 32.2. The second-order valence-corrected chi connectivity index (χ2v) is 8.53. The minimum Gasteiger partial charge on any atom is -0.342 e. The summed E-state index contributed by atoms with van der Waals surface area (Å²) in [6, 6.07) is 6.51. The van der Waals surface area contributed by atoms with Crippen LogP contribution in [0.3, 0.4) is 0 Å². The number of nitrogens with zero attached hydrogens (tertiary/aromatic N) is 2. The fourth-order valence-corrected chi connectivity index (χ4v) is 6.20. The third kappa shape index (κ3) is 2.79. The van der Waals surface area contributed by atoms with Crippen molar-refractivity contribution in [2.75, 3.05) is 5.75 Å². The Balaban J connectivity index is 1.69. The van der Waals surface area contributed by atoms with Gasteiger partial charge in [-0.2, -0.15) is 0 Å². The molecule has 1 spiro atoms. The van der Waals surface area contributed by atoms with E-state index in [-0.39, 0.29) is 0 Å². The van der Waals surface area contributed by atoms with Gasteiger partial charge in [-0.15, -0.1) is 0 Å². The average Bonchev–Trinajstić information content (AvgIpc) is 3.32. The predicted octanol–water partition coefficient (Wildman–Crippen LogP) is 5.10. The molecule has 0 amide bonds. The molecule has 3 aliphatic rings. The van der Waals surface area contributed by atoms with Gasteiger partial charge in [-0.3, -0.25) is 4.79 Å². The fourth-order valence-electron chi connectivity index (χ4n) is 4.73. The Labute approximate surface area is 148 Å². The Hall–Kier alpha value is -1.29. The summed E-state index contributed by atoms with van der Waals surface area (Å²) in [6.07, 6.45) is 11.7. The van der Waals surface area contributed by atoms with Crippen LogP contribution in [0.5, 0.6) is 0 Å². The summed E-state index contributed by atoms with van der Waals surface area (Å²) in [5, 5.41) is 1.23. The number of benzene rings is 1. The van der Waals surface area contributed by atoms with Crippen molar-refractivity contribution in [3.63, 3.8) is 0 Å². The molecule has 1 aromatic carbocycles. The predicted molar refractivity (Wildman–Crippen MR) is 101 cm³/mol. The van der Waals surface area contributed by atoms with Crippen LogP contribution in [0, 0.1) is 6.92 Å². The van der Waals surface area contributed by atoms with Gasteiger partial charge >= 0.3 is 0 Å². The SMILES string of the molecule is Cc1cc(C=O)ccc1N=C1SCC2(CCCC2)N1C1CCCC1. The average molecular weight is 343 g/mol. The van der Waals surface area contributed by atoms with Crippen LogP contribution in [-0.4, -0.2) is 33.7 Å². The van der Waals surface area contributed by atoms with Crippen molar-refractivity contribution < 1.29 is 4.79 Å². The van der Waals surface area contributed by atoms with E-state index in [0.29, 0.717) is 11.6 Å². The third-order valence-corrected chi connectivity index (χ3v) is 7.21. The van der Waals surface area contributed by atoms with Crippen LogP contribution in [0.4, 0.5) is 5.69 Å². The fraction of sp³-hybridized carbons (Fsp3) is 0.600. The maximum Gasteiger partial charge on any atom is 0.165 e. The number of carbonyl (C=O) groups excluding carboxylic acids is 1. The summed E-state index contributed by atoms with van der Waals surface area (Å²) < 4.78 is 0. The van der Waals surface area contributed by atoms with E-state index in [1.54, 1.807) is 0 Å². The molecule has 3 nitrogen and oxygen atoms in total. The molecule has 0 radical (unpaired) electrons. The van der Waals surface area contributed by atoms with Crippen LogP contribution >= 0.6 is 11.8 Å². The molecule has 4 rings (SSSR count). The molecule has 24 heavy (non-hydrogen) atoms. The minimum atomic E-state index is 0.370. The zero-order chi connectivity index (χ0) is 16.6. The maximum atomic E-state index is 11.0. The Bertz CT molecular complexity index is 658. The molecule has 1 aliphatic heterocycles. The number of aldehydes is 1. The second-order valence-electron chi connectivity index (χ2n) is 7.59. The van der Waals surface area contributed by atoms with E-state index in [1.165, 1.54) is 62.3 Å². The number of aryl methyl sites for hydroxylation is 1. The highest BCUT2D eigenvalue weighted by molar-refractivity contribution is 8.14. The lowest BCUT2D eigenvalue weighted by Crippen LogP contribution is -2.50. The molecule has 1 saturated heterocycles. The largest absolute Gasteiger partial charge is 0.342 e. The molecule has 2 saturated carbocycles. The lowest BCUT2D eigenvalue weighted by atomic mass is 9.95. The summed E-state index contributed by atoms with van der Waals surface area (Å²) >= 11 is 1.95. The molecule has 0 aromatic heterocycles. The van der Waals surface area contributed by atoms with E-state index in [4.69, 9.17) is 4.99 Å². The number of hydrogen-bond acceptors (Lipinski definition) is 3. The Morgan fingerprint density at radius 3 is 2.62 bits per heavy atom. The van der Waals surface area contributed by atoms with Gasteiger partial charge in [0.15, 0.2) is 5.17 Å². The number of aliphatic imine (C=N–C) groups is 1. The van der Waals surface area contributed by atoms with Gasteiger partial charge in [0.1, 0.15) is 6.29 Å². The molecule has 4 heteroatoms. The number of thioether (sulfide) groups is 1. The van der Waals surface area contributed by atoms with Crippen molar-refractivity contribution in [2.24, 2.45) is 4.99 Å². The third-order valence-electron chi connectivity index (χ3n) is 5.98. The second kappa shape index (κ2) is 6.55. The zero-order valence-corrected chi connectivity index (χ0v) is 15.3. The van der Waals surface area contributed by atoms with Gasteiger partial charge in [-0.05, 0) is 56.4 Å². The summed E-state index contributed by atoms with van der Waals surface area (Å²) in [4.78, 5) is 18.8. The molecule has 0 bridgehead atoms. The zero-order valence-electron chi connectivity index (χ0n) is 14.5. The van der Waals surface area contributed by atoms with Crippen LogP contribution in [-0.2, 0) is 0 Å². The van der Waals surface area contributed by atoms with E-state index < -0.39 is 0 Å². The van der Waals surface area contributed by atoms with E-state index in [9.17, 15) is 4.79 Å². The van der Waals surface area contributed by atoms with Gasteiger partial charge in [-0.1, -0.05) is 37.4 Å². The van der Waals surface area contributed by atoms with Crippen LogP contribution < -0.4 is 0 Å². The Morgan fingerprint density at radius 1 is 1.21 bits per heavy atom. The first kappa shape index (κ1) is 16.2. The number of rotatable bonds is 3. The van der Waals surface area contributed by atoms with E-state index in [0.717, 1.165) is 23.1 Å². The van der Waals surface area contributed by atoms with Crippen LogP contribution in [0.1, 0.15) is 67.3 Å². The van der Waals surface area contributed by atoms with Gasteiger partial charge in [0, 0.05) is 17.4 Å². The normalized spacial score (nSPS) is 25.2. The highest BCUT2D eigenvalue weighted by Gasteiger charge is 2.49. The highest BCUT2D eigenvalue weighted by Crippen LogP contribution is 2.48. The summed E-state index contributed by atoms with van der Waals surface area (Å²) in [5.41, 5.74) is 3.21. The van der Waals surface area contributed by atoms with E-state index in [2.05, 4.69) is 11.8 Å². The van der Waals surface area contributed by atoms with Crippen molar-refractivity contribution >= 4 is 28.9 Å². The van der Waals surface area contributed by atoms with Crippen molar-refractivity contribution in [2.45, 2.75) is 69.9 Å². The Morgan fingerprint density at radius 2 is 1.96 bits per heavy atom. The van der Waals surface area contributed by atoms with Gasteiger partial charge < -0.3 is 4.90 Å². The van der Waals surface area contributed by atoms with Crippen LogP contribution in [0.2, 0.25) is 0 Å². The smallest absolute Gasteiger partial charge is 0.165 e. The number of hydrogen-bond donors (Lipinski definition) is 0. The molecule has 3 fully saturated rings. The van der Waals surface area contributed by atoms with E-state index >= 15 is 0 Å². The van der Waals surface area contributed by atoms with E-state index in [1.807, 2.05) is 30.0 Å². The van der Waals surface area contributed by atoms with Gasteiger partial charge in [-0.25, -0.2) is 4.99 Å². The molecule has 1 heterocycles. The lowest BCUT2D eigenvalue weighted by molar-refractivity contribution is 0.112. The number of amidine groups is 1. The molecule has 0 N–H and O–H groups in total. The van der Waals surface area contributed by atoms with Crippen molar-refractivity contribution in [3.05, 3.63) is 29.3 Å². The minimum absolute atomic E-state index is 0.370. The molecular formula is C20H26N2OS. The molecule has 128 valence electrons. The summed E-state index contributed by atoms with van der Waals surface area (Å²) in [7, 11) is 0. The maximum absolute atomic E-state index is 11.0. The first-order chi connectivity index (χ1) is 11.7. The standard InChI is InChI=1S/C20H26N2OS/c1-15-12-16(13-23)8-9-18(15)21-19-22(17-6-2-3-7-17)20(14-24-19)10-4-5-11-20/h8-9,12-13,17H,2-7,10-11,14H2,1H3. The van der Waals surface area contributed by atoms with Crippen molar-refractivity contribution in [1.29, 1.82) is 0 Å². The monoisotopic (exact) mass is 342 g/mol. The Kier molecular flexibility index (Phi) is 4.42. The first-order valence-corrected chi connectivity index (χ1v) is 10.3. The molecule has 2 aliphatic carbocycles. The van der Waals surface area contributed by atoms with Gasteiger partial charge in [0.2, 0.25) is 0 Å². The van der Waals surface area contributed by atoms with Crippen molar-refractivity contribution in [3.8, 4) is 0 Å². The summed E-state index contributed by atoms with van der Waals surface area (Å²) in [6.45, 7) is 2.05. The quantitative estimate of drug-likeness (QED) is 0.717. The van der Waals surface area contributed by atoms with Crippen molar-refractivity contribution in [1.82, 2.24) is 4.90 Å². The van der Waals surface area contributed by atoms with Gasteiger partial charge in [0.05, 0.1) is 11.2 Å². The van der Waals surface area contributed by atoms with Crippen LogP contribution in [0.15, 0.2) is 23.2 Å². The first-order valence-electron chi connectivity index (χ1n) is 9.28. The number of carbonyl (C=O) groups is 1. The summed E-state index contributed by atoms with van der Waals surface area (Å²) in [5.74, 6) is 1.20. The lowest BCUT2D eigenvalue weighted by Gasteiger charge is -2.40. The molecule has 0 atom stereocenters. The van der Waals surface area contributed by atoms with Gasteiger partial charge in [0.25, 0.3) is 0 Å². The molecular weight excluding hydrogens is 316 g/mol. The topological polar surface area (TPSA) is 32.7 Å². The molecule has 1 aromatic rings. The van der Waals surface area contributed by atoms with Crippen LogP contribution in [0.25, 0.3) is 0 Å².